The van der Waals surface area contributed by atoms with Crippen molar-refractivity contribution in [3.05, 3.63) is 43.9 Å². The normalized spacial score (nSPS) is 13.1. The lowest BCUT2D eigenvalue weighted by molar-refractivity contribution is 0.517. The highest BCUT2D eigenvalue weighted by atomic mass is 79.9. The van der Waals surface area contributed by atoms with Crippen molar-refractivity contribution in [3.8, 4) is 0 Å². The second kappa shape index (κ2) is 4.27. The van der Waals surface area contributed by atoms with Gasteiger partial charge >= 0.3 is 0 Å². The van der Waals surface area contributed by atoms with Gasteiger partial charge < -0.3 is 4.42 Å². The summed E-state index contributed by atoms with van der Waals surface area (Å²) in [5.41, 5.74) is 0. The van der Waals surface area contributed by atoms with Gasteiger partial charge in [-0.1, -0.05) is 11.6 Å². The molecule has 5 heteroatoms. The van der Waals surface area contributed by atoms with Gasteiger partial charge in [-0.3, -0.25) is 0 Å². The summed E-state index contributed by atoms with van der Waals surface area (Å²) in [4.78, 5) is 0.971. The smallest absolute Gasteiger partial charge is 0.126 e. The minimum Gasteiger partial charge on any atom is -0.467 e. The van der Waals surface area contributed by atoms with Gasteiger partial charge in [0, 0.05) is 9.35 Å². The molecule has 2 aromatic heterocycles. The van der Waals surface area contributed by atoms with Crippen LogP contribution >= 0.6 is 50.5 Å². The van der Waals surface area contributed by atoms with Crippen molar-refractivity contribution < 1.29 is 4.42 Å². The number of thiophene rings is 1. The van der Waals surface area contributed by atoms with Gasteiger partial charge in [-0.25, -0.2) is 0 Å². The lowest BCUT2D eigenvalue weighted by Gasteiger charge is -2.01. The van der Waals surface area contributed by atoms with E-state index in [0.29, 0.717) is 4.34 Å². The predicted octanol–water partition coefficient (Wildman–Crippen LogP) is 5.09. The summed E-state index contributed by atoms with van der Waals surface area (Å²) in [5.74, 6) is 0.733. The Morgan fingerprint density at radius 1 is 1.50 bits per heavy atom. The first-order valence-electron chi connectivity index (χ1n) is 3.80. The molecule has 0 spiro atoms. The number of alkyl halides is 1. The molecule has 1 atom stereocenters. The first-order chi connectivity index (χ1) is 6.68. The van der Waals surface area contributed by atoms with Gasteiger partial charge in [0.15, 0.2) is 0 Å². The van der Waals surface area contributed by atoms with E-state index < -0.39 is 0 Å². The van der Waals surface area contributed by atoms with E-state index in [2.05, 4.69) is 15.9 Å². The Morgan fingerprint density at radius 2 is 2.29 bits per heavy atom. The summed E-state index contributed by atoms with van der Waals surface area (Å²) in [7, 11) is 0. The van der Waals surface area contributed by atoms with E-state index in [0.717, 1.165) is 15.1 Å². The highest BCUT2D eigenvalue weighted by Crippen LogP contribution is 2.40. The third-order valence-corrected chi connectivity index (χ3v) is 4.83. The van der Waals surface area contributed by atoms with E-state index >= 15 is 0 Å². The maximum Gasteiger partial charge on any atom is 0.126 e. The Morgan fingerprint density at radius 3 is 2.79 bits per heavy atom. The fourth-order valence-corrected chi connectivity index (χ4v) is 3.11. The number of halogens is 3. The Bertz CT molecular complexity index is 404. The molecule has 2 rings (SSSR count). The summed E-state index contributed by atoms with van der Waals surface area (Å²) in [6.07, 6.45) is 1.61. The van der Waals surface area contributed by atoms with Crippen LogP contribution in [-0.4, -0.2) is 0 Å². The van der Waals surface area contributed by atoms with Crippen LogP contribution in [0.1, 0.15) is 16.0 Å². The van der Waals surface area contributed by atoms with Crippen LogP contribution in [0, 0.1) is 0 Å². The molecule has 1 unspecified atom stereocenters. The lowest BCUT2D eigenvalue weighted by Crippen LogP contribution is -1.85. The van der Waals surface area contributed by atoms with Crippen LogP contribution in [0.25, 0.3) is 0 Å². The number of hydrogen-bond acceptors (Lipinski definition) is 2. The molecule has 0 saturated heterocycles. The van der Waals surface area contributed by atoms with Gasteiger partial charge in [0.05, 0.1) is 6.26 Å². The van der Waals surface area contributed by atoms with Crippen molar-refractivity contribution >= 4 is 50.5 Å². The largest absolute Gasteiger partial charge is 0.467 e. The van der Waals surface area contributed by atoms with Crippen molar-refractivity contribution in [2.24, 2.45) is 0 Å². The molecule has 0 saturated carbocycles. The summed E-state index contributed by atoms with van der Waals surface area (Å²) in [6, 6.07) is 5.57. The van der Waals surface area contributed by atoms with Gasteiger partial charge in [0.25, 0.3) is 0 Å². The van der Waals surface area contributed by atoms with Gasteiger partial charge in [0.1, 0.15) is 15.5 Å². The van der Waals surface area contributed by atoms with Gasteiger partial charge in [-0.2, -0.15) is 0 Å². The molecule has 0 radical (unpaired) electrons. The minimum absolute atomic E-state index is 0.265. The van der Waals surface area contributed by atoms with Gasteiger partial charge in [-0.15, -0.1) is 22.9 Å². The van der Waals surface area contributed by atoms with Crippen LogP contribution in [0.2, 0.25) is 4.34 Å². The zero-order valence-corrected chi connectivity index (χ0v) is 10.8. The molecule has 14 heavy (non-hydrogen) atoms. The Hall–Kier alpha value is 0.0400. The van der Waals surface area contributed by atoms with Crippen molar-refractivity contribution in [1.29, 1.82) is 0 Å². The van der Waals surface area contributed by atoms with Crippen molar-refractivity contribution in [2.45, 2.75) is 5.38 Å². The second-order valence-corrected chi connectivity index (χ2v) is 5.63. The van der Waals surface area contributed by atoms with Crippen LogP contribution in [0.3, 0.4) is 0 Å². The summed E-state index contributed by atoms with van der Waals surface area (Å²) in [5, 5.41) is -0.265. The number of hydrogen-bond donors (Lipinski definition) is 0. The molecule has 0 amide bonds. The standard InChI is InChI=1S/C9H5BrCl2OS/c10-5-4-7(14-9(5)12)8(11)6-2-1-3-13-6/h1-4,8H. The monoisotopic (exact) mass is 310 g/mol. The van der Waals surface area contributed by atoms with E-state index in [9.17, 15) is 0 Å². The molecule has 0 bridgehead atoms. The zero-order chi connectivity index (χ0) is 10.1. The predicted molar refractivity (Wildman–Crippen MR) is 63.4 cm³/mol. The molecule has 74 valence electrons. The third-order valence-electron chi connectivity index (χ3n) is 1.71. The first-order valence-corrected chi connectivity index (χ1v) is 6.23. The van der Waals surface area contributed by atoms with Crippen LogP contribution < -0.4 is 0 Å². The Kier molecular flexibility index (Phi) is 3.22. The topological polar surface area (TPSA) is 13.1 Å². The maximum absolute atomic E-state index is 6.20. The number of rotatable bonds is 2. The molecular formula is C9H5BrCl2OS. The quantitative estimate of drug-likeness (QED) is 0.704. The van der Waals surface area contributed by atoms with Crippen LogP contribution in [0.4, 0.5) is 0 Å². The molecule has 0 aliphatic rings. The molecule has 1 nitrogen and oxygen atoms in total. The number of furan rings is 1. The average Bonchev–Trinajstić information content (AvgIpc) is 2.76. The van der Waals surface area contributed by atoms with E-state index in [4.69, 9.17) is 27.6 Å². The molecule has 2 aromatic rings. The summed E-state index contributed by atoms with van der Waals surface area (Å²) in [6.45, 7) is 0. The first kappa shape index (κ1) is 10.6. The lowest BCUT2D eigenvalue weighted by atomic mass is 10.3. The molecule has 0 aromatic carbocycles. The minimum atomic E-state index is -0.265. The van der Waals surface area contributed by atoms with E-state index in [1.165, 1.54) is 11.3 Å². The molecular weight excluding hydrogens is 307 g/mol. The molecule has 0 aliphatic carbocycles. The van der Waals surface area contributed by atoms with Crippen molar-refractivity contribution in [2.75, 3.05) is 0 Å². The summed E-state index contributed by atoms with van der Waals surface area (Å²) >= 11 is 16.9. The Labute approximate surface area is 104 Å². The van der Waals surface area contributed by atoms with E-state index in [1.54, 1.807) is 6.26 Å². The maximum atomic E-state index is 6.20. The Balaban J connectivity index is 2.32. The van der Waals surface area contributed by atoms with Crippen LogP contribution in [0.5, 0.6) is 0 Å². The second-order valence-electron chi connectivity index (χ2n) is 2.65. The van der Waals surface area contributed by atoms with E-state index in [1.807, 2.05) is 18.2 Å². The highest BCUT2D eigenvalue weighted by molar-refractivity contribution is 9.10. The fourth-order valence-electron chi connectivity index (χ4n) is 1.06. The van der Waals surface area contributed by atoms with Crippen LogP contribution in [0.15, 0.2) is 33.4 Å². The van der Waals surface area contributed by atoms with Gasteiger partial charge in [0.2, 0.25) is 0 Å². The average molecular weight is 312 g/mol. The fraction of sp³-hybridized carbons (Fsp3) is 0.111. The highest BCUT2D eigenvalue weighted by Gasteiger charge is 2.17. The summed E-state index contributed by atoms with van der Waals surface area (Å²) < 4.78 is 6.79. The zero-order valence-electron chi connectivity index (χ0n) is 6.84. The third kappa shape index (κ3) is 2.01. The molecule has 2 heterocycles. The van der Waals surface area contributed by atoms with E-state index in [-0.39, 0.29) is 5.38 Å². The molecule has 0 fully saturated rings. The van der Waals surface area contributed by atoms with Crippen molar-refractivity contribution in [1.82, 2.24) is 0 Å². The van der Waals surface area contributed by atoms with Crippen LogP contribution in [-0.2, 0) is 0 Å². The molecule has 0 aliphatic heterocycles. The van der Waals surface area contributed by atoms with Gasteiger partial charge in [-0.05, 0) is 34.1 Å². The van der Waals surface area contributed by atoms with Crippen molar-refractivity contribution in [3.63, 3.8) is 0 Å². The SMILES string of the molecule is Clc1sc(C(Cl)c2ccco2)cc1Br. The molecule has 0 N–H and O–H groups in total.